The predicted molar refractivity (Wildman–Crippen MR) is 153 cm³/mol. The summed E-state index contributed by atoms with van der Waals surface area (Å²) >= 11 is 0. The summed E-state index contributed by atoms with van der Waals surface area (Å²) in [6, 6.07) is 14.5. The van der Waals surface area contributed by atoms with Crippen LogP contribution >= 0.6 is 0 Å². The van der Waals surface area contributed by atoms with Crippen molar-refractivity contribution in [3.63, 3.8) is 0 Å². The fraction of sp³-hybridized carbons (Fsp3) is 0.276. The van der Waals surface area contributed by atoms with Gasteiger partial charge in [-0.05, 0) is 69.0 Å². The van der Waals surface area contributed by atoms with Crippen LogP contribution in [0.5, 0.6) is 0 Å². The first kappa shape index (κ1) is 27.5. The van der Waals surface area contributed by atoms with E-state index in [9.17, 15) is 14.4 Å². The van der Waals surface area contributed by atoms with Gasteiger partial charge in [0, 0.05) is 57.5 Å². The Balaban J connectivity index is 1.39. The van der Waals surface area contributed by atoms with Crippen molar-refractivity contribution >= 4 is 29.1 Å². The van der Waals surface area contributed by atoms with E-state index in [1.165, 1.54) is 0 Å². The number of benzene rings is 1. The van der Waals surface area contributed by atoms with Gasteiger partial charge in [0.2, 0.25) is 0 Å². The van der Waals surface area contributed by atoms with Crippen molar-refractivity contribution in [3.05, 3.63) is 84.2 Å². The third-order valence-electron chi connectivity index (χ3n) is 6.45. The Labute approximate surface area is 228 Å². The maximum Gasteiger partial charge on any atom is 0.272 e. The van der Waals surface area contributed by atoms with E-state index < -0.39 is 0 Å². The van der Waals surface area contributed by atoms with Crippen LogP contribution in [0.4, 0.5) is 11.4 Å². The Hall–Kier alpha value is -4.57. The highest BCUT2D eigenvalue weighted by molar-refractivity contribution is 6.05. The maximum atomic E-state index is 13.1. The normalized spacial score (nSPS) is 11.0. The van der Waals surface area contributed by atoms with Crippen LogP contribution < -0.4 is 16.0 Å². The van der Waals surface area contributed by atoms with Gasteiger partial charge in [-0.15, -0.1) is 0 Å². The zero-order chi connectivity index (χ0) is 28.1. The highest BCUT2D eigenvalue weighted by Crippen LogP contribution is 2.25. The Morgan fingerprint density at radius 2 is 1.36 bits per heavy atom. The lowest BCUT2D eigenvalue weighted by molar-refractivity contribution is 0.0942. The number of hydrogen-bond donors (Lipinski definition) is 3. The Morgan fingerprint density at radius 1 is 0.718 bits per heavy atom. The molecule has 0 aliphatic rings. The number of nitrogens with zero attached hydrogens (tertiary/aromatic N) is 4. The zero-order valence-corrected chi connectivity index (χ0v) is 23.0. The molecular weight excluding hydrogens is 494 g/mol. The summed E-state index contributed by atoms with van der Waals surface area (Å²) in [5, 5.41) is 8.71. The summed E-state index contributed by atoms with van der Waals surface area (Å²) in [5.41, 5.74) is 4.53. The van der Waals surface area contributed by atoms with E-state index in [0.717, 1.165) is 24.1 Å². The Morgan fingerprint density at radius 3 is 2.03 bits per heavy atom. The molecule has 3 heterocycles. The molecule has 3 N–H and O–H groups in total. The molecule has 4 aromatic rings. The summed E-state index contributed by atoms with van der Waals surface area (Å²) in [7, 11) is 9.40. The van der Waals surface area contributed by atoms with Crippen LogP contribution in [0.25, 0.3) is 11.1 Å². The average Bonchev–Trinajstić information content (AvgIpc) is 3.60. The number of rotatable bonds is 10. The van der Waals surface area contributed by atoms with Crippen molar-refractivity contribution < 1.29 is 14.4 Å². The van der Waals surface area contributed by atoms with E-state index in [1.807, 2.05) is 77.0 Å². The van der Waals surface area contributed by atoms with E-state index in [1.54, 1.807) is 39.1 Å². The minimum atomic E-state index is -0.279. The fourth-order valence-electron chi connectivity index (χ4n) is 4.33. The van der Waals surface area contributed by atoms with Crippen molar-refractivity contribution in [2.45, 2.75) is 6.42 Å². The van der Waals surface area contributed by atoms with Crippen LogP contribution in [0.15, 0.2) is 67.1 Å². The molecule has 0 fully saturated rings. The molecule has 10 heteroatoms. The molecule has 3 amide bonds. The number of aromatic nitrogens is 3. The third-order valence-corrected chi connectivity index (χ3v) is 6.45. The zero-order valence-electron chi connectivity index (χ0n) is 23.0. The number of aryl methyl sites for hydroxylation is 3. The molecule has 39 heavy (non-hydrogen) atoms. The molecule has 10 nitrogen and oxygen atoms in total. The number of amides is 3. The van der Waals surface area contributed by atoms with Crippen LogP contribution in [-0.4, -0.2) is 63.5 Å². The fourth-order valence-corrected chi connectivity index (χ4v) is 4.33. The molecule has 4 rings (SSSR count). The van der Waals surface area contributed by atoms with E-state index >= 15 is 0 Å². The minimum absolute atomic E-state index is 0.179. The van der Waals surface area contributed by atoms with Gasteiger partial charge < -0.3 is 34.6 Å². The number of anilines is 2. The molecule has 3 aromatic heterocycles. The van der Waals surface area contributed by atoms with Crippen LogP contribution in [0.1, 0.15) is 37.9 Å². The summed E-state index contributed by atoms with van der Waals surface area (Å²) in [5.74, 6) is -0.639. The number of nitrogens with one attached hydrogen (secondary N) is 3. The summed E-state index contributed by atoms with van der Waals surface area (Å²) in [6.07, 6.45) is 6.28. The van der Waals surface area contributed by atoms with Crippen LogP contribution in [-0.2, 0) is 21.1 Å². The van der Waals surface area contributed by atoms with Crippen LogP contribution in [0, 0.1) is 0 Å². The molecule has 1 aromatic carbocycles. The third kappa shape index (κ3) is 6.66. The summed E-state index contributed by atoms with van der Waals surface area (Å²) < 4.78 is 5.22. The second-order valence-electron chi connectivity index (χ2n) is 9.85. The van der Waals surface area contributed by atoms with Gasteiger partial charge >= 0.3 is 0 Å². The van der Waals surface area contributed by atoms with Gasteiger partial charge in [0.05, 0.1) is 5.69 Å². The summed E-state index contributed by atoms with van der Waals surface area (Å²) in [6.45, 7) is 1.47. The van der Waals surface area contributed by atoms with Crippen LogP contribution in [0.2, 0.25) is 0 Å². The SMILES string of the molecule is CN(C)CCCNC(=O)c1cc(NC(=O)c2cc(-c3ccc(NC(=O)c4cccn4C)cc3)cn2C)cn1C. The molecule has 0 saturated heterocycles. The largest absolute Gasteiger partial charge is 0.351 e. The minimum Gasteiger partial charge on any atom is -0.351 e. The van der Waals surface area contributed by atoms with E-state index in [-0.39, 0.29) is 17.7 Å². The van der Waals surface area contributed by atoms with Gasteiger partial charge in [0.1, 0.15) is 17.1 Å². The first-order valence-electron chi connectivity index (χ1n) is 12.7. The molecule has 0 unspecified atom stereocenters. The first-order chi connectivity index (χ1) is 18.6. The molecule has 204 valence electrons. The Bertz CT molecular complexity index is 1470. The van der Waals surface area contributed by atoms with Crippen molar-refractivity contribution in [2.24, 2.45) is 21.1 Å². The topological polar surface area (TPSA) is 105 Å². The predicted octanol–water partition coefficient (Wildman–Crippen LogP) is 3.56. The molecular formula is C29H35N7O3. The quantitative estimate of drug-likeness (QED) is 0.273. The smallest absolute Gasteiger partial charge is 0.272 e. The number of carbonyl (C=O) groups excluding carboxylic acids is 3. The highest BCUT2D eigenvalue weighted by atomic mass is 16.2. The van der Waals surface area contributed by atoms with Crippen molar-refractivity contribution in [1.29, 1.82) is 0 Å². The van der Waals surface area contributed by atoms with Crippen molar-refractivity contribution in [3.8, 4) is 11.1 Å². The highest BCUT2D eigenvalue weighted by Gasteiger charge is 2.17. The first-order valence-corrected chi connectivity index (χ1v) is 12.7. The number of hydrogen-bond acceptors (Lipinski definition) is 4. The van der Waals surface area contributed by atoms with E-state index in [2.05, 4.69) is 20.9 Å². The number of carbonyl (C=O) groups is 3. The lowest BCUT2D eigenvalue weighted by atomic mass is 10.1. The molecule has 0 saturated carbocycles. The van der Waals surface area contributed by atoms with Gasteiger partial charge in [-0.25, -0.2) is 0 Å². The molecule has 0 spiro atoms. The maximum absolute atomic E-state index is 13.1. The second kappa shape index (κ2) is 11.9. The van der Waals surface area contributed by atoms with Crippen LogP contribution in [0.3, 0.4) is 0 Å². The van der Waals surface area contributed by atoms with Gasteiger partial charge in [0.15, 0.2) is 0 Å². The second-order valence-corrected chi connectivity index (χ2v) is 9.85. The van der Waals surface area contributed by atoms with Gasteiger partial charge in [-0.2, -0.15) is 0 Å². The lowest BCUT2D eigenvalue weighted by Gasteiger charge is -2.10. The van der Waals surface area contributed by atoms with Gasteiger partial charge in [0.25, 0.3) is 17.7 Å². The monoisotopic (exact) mass is 529 g/mol. The Kier molecular flexibility index (Phi) is 8.36. The summed E-state index contributed by atoms with van der Waals surface area (Å²) in [4.78, 5) is 40.2. The van der Waals surface area contributed by atoms with Crippen molar-refractivity contribution in [2.75, 3.05) is 37.8 Å². The van der Waals surface area contributed by atoms with E-state index in [4.69, 9.17) is 0 Å². The van der Waals surface area contributed by atoms with Gasteiger partial charge in [-0.3, -0.25) is 14.4 Å². The van der Waals surface area contributed by atoms with Crippen molar-refractivity contribution in [1.82, 2.24) is 23.9 Å². The molecule has 0 aliphatic carbocycles. The molecule has 0 aliphatic heterocycles. The molecule has 0 bridgehead atoms. The van der Waals surface area contributed by atoms with Gasteiger partial charge in [-0.1, -0.05) is 12.1 Å². The lowest BCUT2D eigenvalue weighted by Crippen LogP contribution is -2.28. The molecule has 0 radical (unpaired) electrons. The average molecular weight is 530 g/mol. The standard InChI is InChI=1S/C29H35N7O3/c1-33(2)14-7-13-30-27(37)26-17-23(19-36(26)5)32-29(39)25-16-21(18-35(25)4)20-9-11-22(12-10-20)31-28(38)24-8-6-15-34(24)3/h6,8-12,15-19H,7,13-14H2,1-5H3,(H,30,37)(H,31,38)(H,32,39). The molecule has 0 atom stereocenters. The van der Waals surface area contributed by atoms with E-state index in [0.29, 0.717) is 35.0 Å².